The Morgan fingerprint density at radius 2 is 1.74 bits per heavy atom. The molecule has 0 heterocycles. The van der Waals surface area contributed by atoms with Gasteiger partial charge in [-0.3, -0.25) is 14.9 Å². The number of imide groups is 1. The zero-order valence-electron chi connectivity index (χ0n) is 12.8. The van der Waals surface area contributed by atoms with Crippen LogP contribution in [0.25, 0.3) is 0 Å². The van der Waals surface area contributed by atoms with E-state index in [1.807, 2.05) is 12.2 Å². The van der Waals surface area contributed by atoms with Crippen LogP contribution in [0.1, 0.15) is 12.0 Å². The summed E-state index contributed by atoms with van der Waals surface area (Å²) in [5.74, 6) is -2.07. The number of aryl methyl sites for hydroxylation is 1. The Morgan fingerprint density at radius 1 is 1.13 bits per heavy atom. The van der Waals surface area contributed by atoms with Gasteiger partial charge in [-0.2, -0.15) is 0 Å². The monoisotopic (exact) mass is 342 g/mol. The molecule has 0 atom stereocenters. The van der Waals surface area contributed by atoms with Crippen LogP contribution < -0.4 is 10.6 Å². The molecule has 0 unspecified atom stereocenters. The van der Waals surface area contributed by atoms with E-state index in [2.05, 4.69) is 10.1 Å². The molecular weight excluding hydrogens is 324 g/mol. The smallest absolute Gasteiger partial charge is 0.321 e. The standard InChI is InChI=1S/C14H18N2O6S/c1-10-3-5-11(6-4-10)23(20,21)8-7-13(18)22-9-12(17)16-14(19)15-2/h3-6H,7-9H2,1-2H3,(H2,15,16,17,19). The molecule has 0 aliphatic rings. The van der Waals surface area contributed by atoms with Crippen molar-refractivity contribution >= 4 is 27.7 Å². The van der Waals surface area contributed by atoms with Crippen molar-refractivity contribution < 1.29 is 27.5 Å². The fraction of sp³-hybridized carbons (Fsp3) is 0.357. The Balaban J connectivity index is 2.45. The van der Waals surface area contributed by atoms with E-state index < -0.39 is 40.1 Å². The number of rotatable bonds is 6. The minimum absolute atomic E-state index is 0.119. The molecule has 1 rings (SSSR count). The second-order valence-electron chi connectivity index (χ2n) is 4.67. The van der Waals surface area contributed by atoms with E-state index in [9.17, 15) is 22.8 Å². The van der Waals surface area contributed by atoms with Gasteiger partial charge in [0.1, 0.15) is 0 Å². The van der Waals surface area contributed by atoms with Crippen LogP contribution in [0.2, 0.25) is 0 Å². The van der Waals surface area contributed by atoms with Gasteiger partial charge >= 0.3 is 12.0 Å². The molecule has 1 aromatic carbocycles. The second kappa shape index (κ2) is 8.28. The molecule has 0 saturated carbocycles. The molecule has 0 aliphatic heterocycles. The van der Waals surface area contributed by atoms with E-state index in [0.717, 1.165) is 5.56 Å². The first-order chi connectivity index (χ1) is 10.7. The minimum atomic E-state index is -3.60. The Labute approximate surface area is 134 Å². The van der Waals surface area contributed by atoms with Crippen molar-refractivity contribution in [3.63, 3.8) is 0 Å². The van der Waals surface area contributed by atoms with Gasteiger partial charge in [-0.1, -0.05) is 17.7 Å². The fourth-order valence-corrected chi connectivity index (χ4v) is 2.75. The van der Waals surface area contributed by atoms with Gasteiger partial charge in [0.15, 0.2) is 16.4 Å². The van der Waals surface area contributed by atoms with Crippen LogP contribution in [-0.4, -0.2) is 45.7 Å². The van der Waals surface area contributed by atoms with Crippen molar-refractivity contribution in [2.75, 3.05) is 19.4 Å². The molecular formula is C14H18N2O6S. The number of carbonyl (C=O) groups excluding carboxylic acids is 3. The van der Waals surface area contributed by atoms with Crippen LogP contribution >= 0.6 is 0 Å². The summed E-state index contributed by atoms with van der Waals surface area (Å²) in [6, 6.07) is 5.52. The quantitative estimate of drug-likeness (QED) is 0.711. The number of hydrogen-bond donors (Lipinski definition) is 2. The largest absolute Gasteiger partial charge is 0.456 e. The van der Waals surface area contributed by atoms with E-state index in [0.29, 0.717) is 0 Å². The average molecular weight is 342 g/mol. The molecule has 0 aliphatic carbocycles. The number of benzene rings is 1. The summed E-state index contributed by atoms with van der Waals surface area (Å²) >= 11 is 0. The van der Waals surface area contributed by atoms with Gasteiger partial charge in [-0.15, -0.1) is 0 Å². The molecule has 0 saturated heterocycles. The van der Waals surface area contributed by atoms with Crippen molar-refractivity contribution in [2.45, 2.75) is 18.2 Å². The van der Waals surface area contributed by atoms with Crippen LogP contribution in [0, 0.1) is 6.92 Å². The van der Waals surface area contributed by atoms with Gasteiger partial charge < -0.3 is 10.1 Å². The molecule has 8 nitrogen and oxygen atoms in total. The molecule has 0 spiro atoms. The van der Waals surface area contributed by atoms with Gasteiger partial charge in [0.25, 0.3) is 5.91 Å². The highest BCUT2D eigenvalue weighted by Crippen LogP contribution is 2.13. The molecule has 1 aromatic rings. The highest BCUT2D eigenvalue weighted by Gasteiger charge is 2.17. The predicted octanol–water partition coefficient (Wildman–Crippen LogP) is 0.158. The summed E-state index contributed by atoms with van der Waals surface area (Å²) in [4.78, 5) is 33.6. The average Bonchev–Trinajstić information content (AvgIpc) is 2.51. The van der Waals surface area contributed by atoms with Crippen LogP contribution in [0.5, 0.6) is 0 Å². The lowest BCUT2D eigenvalue weighted by Crippen LogP contribution is -2.39. The van der Waals surface area contributed by atoms with Crippen molar-refractivity contribution in [3.05, 3.63) is 29.8 Å². The third kappa shape index (κ3) is 6.47. The third-order valence-electron chi connectivity index (χ3n) is 2.80. The summed E-state index contributed by atoms with van der Waals surface area (Å²) in [5.41, 5.74) is 0.922. The summed E-state index contributed by atoms with van der Waals surface area (Å²) in [5, 5.41) is 4.06. The Kier molecular flexibility index (Phi) is 6.70. The Bertz CT molecular complexity index is 682. The number of nitrogens with one attached hydrogen (secondary N) is 2. The van der Waals surface area contributed by atoms with Gasteiger partial charge in [0.2, 0.25) is 0 Å². The molecule has 0 aromatic heterocycles. The van der Waals surface area contributed by atoms with Gasteiger partial charge in [0.05, 0.1) is 17.1 Å². The number of carbonyl (C=O) groups is 3. The van der Waals surface area contributed by atoms with E-state index in [-0.39, 0.29) is 11.3 Å². The maximum atomic E-state index is 12.0. The normalized spacial score (nSPS) is 10.7. The van der Waals surface area contributed by atoms with Crippen molar-refractivity contribution in [3.8, 4) is 0 Å². The highest BCUT2D eigenvalue weighted by molar-refractivity contribution is 7.91. The van der Waals surface area contributed by atoms with Crippen molar-refractivity contribution in [1.82, 2.24) is 10.6 Å². The summed E-state index contributed by atoms with van der Waals surface area (Å²) in [6.45, 7) is 1.18. The zero-order valence-corrected chi connectivity index (χ0v) is 13.6. The number of amides is 3. The van der Waals surface area contributed by atoms with Gasteiger partial charge in [-0.05, 0) is 19.1 Å². The lowest BCUT2D eigenvalue weighted by atomic mass is 10.2. The first-order valence-corrected chi connectivity index (χ1v) is 8.36. The molecule has 2 N–H and O–H groups in total. The van der Waals surface area contributed by atoms with Crippen LogP contribution in [-0.2, 0) is 24.2 Å². The van der Waals surface area contributed by atoms with Gasteiger partial charge in [0, 0.05) is 7.05 Å². The molecule has 3 amide bonds. The third-order valence-corrected chi connectivity index (χ3v) is 4.53. The minimum Gasteiger partial charge on any atom is -0.456 e. The number of sulfone groups is 1. The number of hydrogen-bond acceptors (Lipinski definition) is 6. The molecule has 9 heteroatoms. The highest BCUT2D eigenvalue weighted by atomic mass is 32.2. The molecule has 0 radical (unpaired) electrons. The second-order valence-corrected chi connectivity index (χ2v) is 6.78. The number of esters is 1. The van der Waals surface area contributed by atoms with Crippen LogP contribution in [0.4, 0.5) is 4.79 Å². The SMILES string of the molecule is CNC(=O)NC(=O)COC(=O)CCS(=O)(=O)c1ccc(C)cc1. The Hall–Kier alpha value is -2.42. The maximum Gasteiger partial charge on any atom is 0.321 e. The van der Waals surface area contributed by atoms with Crippen molar-refractivity contribution in [1.29, 1.82) is 0 Å². The Morgan fingerprint density at radius 3 is 2.30 bits per heavy atom. The first kappa shape index (κ1) is 18.6. The van der Waals surface area contributed by atoms with Gasteiger partial charge in [-0.25, -0.2) is 13.2 Å². The molecule has 0 fully saturated rings. The lowest BCUT2D eigenvalue weighted by Gasteiger charge is -2.06. The number of urea groups is 1. The van der Waals surface area contributed by atoms with E-state index in [4.69, 9.17) is 0 Å². The number of ether oxygens (including phenoxy) is 1. The predicted molar refractivity (Wildman–Crippen MR) is 81.4 cm³/mol. The van der Waals surface area contributed by atoms with Crippen LogP contribution in [0.15, 0.2) is 29.2 Å². The first-order valence-electron chi connectivity index (χ1n) is 6.71. The van der Waals surface area contributed by atoms with E-state index in [1.165, 1.54) is 19.2 Å². The summed E-state index contributed by atoms with van der Waals surface area (Å²) in [7, 11) is -2.28. The molecule has 0 bridgehead atoms. The summed E-state index contributed by atoms with van der Waals surface area (Å²) < 4.78 is 28.7. The fourth-order valence-electron chi connectivity index (χ4n) is 1.52. The maximum absolute atomic E-state index is 12.0. The van der Waals surface area contributed by atoms with Crippen LogP contribution in [0.3, 0.4) is 0 Å². The van der Waals surface area contributed by atoms with E-state index in [1.54, 1.807) is 12.1 Å². The topological polar surface area (TPSA) is 119 Å². The zero-order chi connectivity index (χ0) is 17.5. The van der Waals surface area contributed by atoms with E-state index >= 15 is 0 Å². The molecule has 126 valence electrons. The molecule has 23 heavy (non-hydrogen) atoms. The summed E-state index contributed by atoms with van der Waals surface area (Å²) in [6.07, 6.45) is -0.385. The lowest BCUT2D eigenvalue weighted by molar-refractivity contribution is -0.147. The van der Waals surface area contributed by atoms with Crippen molar-refractivity contribution in [2.24, 2.45) is 0 Å².